The molecule has 1 saturated heterocycles. The molecule has 1 aliphatic heterocycles. The second kappa shape index (κ2) is 4.63. The maximum atomic E-state index is 4.50. The molecule has 3 heterocycles. The number of H-pyrrole nitrogens is 1. The topological polar surface area (TPSA) is 44.8 Å². The quantitative estimate of drug-likeness (QED) is 0.773. The Balaban J connectivity index is 1.80. The summed E-state index contributed by atoms with van der Waals surface area (Å²) in [5.74, 6) is 1.06. The fourth-order valence-corrected chi connectivity index (χ4v) is 2.87. The molecule has 0 amide bonds. The van der Waals surface area contributed by atoms with E-state index in [0.717, 1.165) is 41.1 Å². The van der Waals surface area contributed by atoms with E-state index in [0.29, 0.717) is 0 Å². The van der Waals surface area contributed by atoms with E-state index in [-0.39, 0.29) is 0 Å². The Morgan fingerprint density at radius 1 is 1.05 bits per heavy atom. The van der Waals surface area contributed by atoms with Crippen molar-refractivity contribution in [1.29, 1.82) is 0 Å². The number of nitrogens with zero attached hydrogens (tertiary/aromatic N) is 3. The number of aromatic amines is 1. The summed E-state index contributed by atoms with van der Waals surface area (Å²) in [4.78, 5) is 6.84. The lowest BCUT2D eigenvalue weighted by Crippen LogP contribution is -2.18. The van der Waals surface area contributed by atoms with Crippen molar-refractivity contribution in [1.82, 2.24) is 15.2 Å². The van der Waals surface area contributed by atoms with Gasteiger partial charge < -0.3 is 4.90 Å². The van der Waals surface area contributed by atoms with Gasteiger partial charge in [0.2, 0.25) is 0 Å². The highest BCUT2D eigenvalue weighted by Crippen LogP contribution is 2.28. The zero-order chi connectivity index (χ0) is 13.4. The molecule has 4 rings (SSSR count). The molecule has 0 atom stereocenters. The summed E-state index contributed by atoms with van der Waals surface area (Å²) < 4.78 is 0. The number of benzene rings is 1. The van der Waals surface area contributed by atoms with Crippen molar-refractivity contribution in [3.63, 3.8) is 0 Å². The van der Waals surface area contributed by atoms with Crippen LogP contribution in [0, 0.1) is 0 Å². The highest BCUT2D eigenvalue weighted by Gasteiger charge is 2.15. The maximum absolute atomic E-state index is 4.50. The Morgan fingerprint density at radius 3 is 2.80 bits per heavy atom. The molecular formula is C16H16N4. The van der Waals surface area contributed by atoms with E-state index in [1.165, 1.54) is 12.8 Å². The molecule has 1 fully saturated rings. The number of anilines is 1. The van der Waals surface area contributed by atoms with E-state index in [9.17, 15) is 0 Å². The lowest BCUT2D eigenvalue weighted by atomic mass is 10.1. The van der Waals surface area contributed by atoms with Crippen LogP contribution >= 0.6 is 0 Å². The van der Waals surface area contributed by atoms with Gasteiger partial charge in [0, 0.05) is 30.2 Å². The highest BCUT2D eigenvalue weighted by molar-refractivity contribution is 5.93. The summed E-state index contributed by atoms with van der Waals surface area (Å²) in [7, 11) is 0. The SMILES string of the molecule is c1ccc2c(-c3ccnc(N4CCCC4)c3)n[nH]c2c1. The van der Waals surface area contributed by atoms with Crippen LogP contribution in [-0.2, 0) is 0 Å². The van der Waals surface area contributed by atoms with Crippen LogP contribution in [-0.4, -0.2) is 28.3 Å². The van der Waals surface area contributed by atoms with Gasteiger partial charge in [0.15, 0.2) is 0 Å². The molecule has 1 aromatic carbocycles. The van der Waals surface area contributed by atoms with Crippen molar-refractivity contribution >= 4 is 16.7 Å². The van der Waals surface area contributed by atoms with Gasteiger partial charge in [-0.15, -0.1) is 0 Å². The maximum Gasteiger partial charge on any atom is 0.129 e. The van der Waals surface area contributed by atoms with Crippen LogP contribution in [0.15, 0.2) is 42.6 Å². The molecule has 0 spiro atoms. The first-order valence-electron chi connectivity index (χ1n) is 7.06. The third kappa shape index (κ3) is 1.84. The molecule has 0 radical (unpaired) electrons. The summed E-state index contributed by atoms with van der Waals surface area (Å²) in [5.41, 5.74) is 3.20. The molecule has 100 valence electrons. The van der Waals surface area contributed by atoms with E-state index < -0.39 is 0 Å². The van der Waals surface area contributed by atoms with Crippen molar-refractivity contribution in [2.24, 2.45) is 0 Å². The predicted molar refractivity (Wildman–Crippen MR) is 80.8 cm³/mol. The van der Waals surface area contributed by atoms with E-state index in [1.807, 2.05) is 24.4 Å². The van der Waals surface area contributed by atoms with Crippen LogP contribution in [0.25, 0.3) is 22.2 Å². The summed E-state index contributed by atoms with van der Waals surface area (Å²) in [6.07, 6.45) is 4.40. The van der Waals surface area contributed by atoms with Crippen molar-refractivity contribution in [2.75, 3.05) is 18.0 Å². The average Bonchev–Trinajstić information content (AvgIpc) is 3.17. The Kier molecular flexibility index (Phi) is 2.66. The lowest BCUT2D eigenvalue weighted by molar-refractivity contribution is 0.938. The fourth-order valence-electron chi connectivity index (χ4n) is 2.87. The van der Waals surface area contributed by atoms with Crippen LogP contribution < -0.4 is 4.90 Å². The number of hydrogen-bond donors (Lipinski definition) is 1. The van der Waals surface area contributed by atoms with Crippen molar-refractivity contribution < 1.29 is 0 Å². The van der Waals surface area contributed by atoms with E-state index >= 15 is 0 Å². The number of fused-ring (bicyclic) bond motifs is 1. The van der Waals surface area contributed by atoms with Gasteiger partial charge in [0.25, 0.3) is 0 Å². The molecule has 0 unspecified atom stereocenters. The number of pyridine rings is 1. The highest BCUT2D eigenvalue weighted by atomic mass is 15.2. The van der Waals surface area contributed by atoms with Crippen LogP contribution in [0.3, 0.4) is 0 Å². The van der Waals surface area contributed by atoms with Gasteiger partial charge in [-0.25, -0.2) is 4.98 Å². The summed E-state index contributed by atoms with van der Waals surface area (Å²) in [6, 6.07) is 12.4. The molecule has 0 saturated carbocycles. The van der Waals surface area contributed by atoms with Crippen LogP contribution in [0.4, 0.5) is 5.82 Å². The fraction of sp³-hybridized carbons (Fsp3) is 0.250. The molecule has 1 aliphatic rings. The van der Waals surface area contributed by atoms with Crippen molar-refractivity contribution in [3.8, 4) is 11.3 Å². The summed E-state index contributed by atoms with van der Waals surface area (Å²) in [6.45, 7) is 2.22. The molecular weight excluding hydrogens is 248 g/mol. The van der Waals surface area contributed by atoms with Gasteiger partial charge in [-0.3, -0.25) is 5.10 Å². The van der Waals surface area contributed by atoms with Crippen LogP contribution in [0.1, 0.15) is 12.8 Å². The number of rotatable bonds is 2. The predicted octanol–water partition coefficient (Wildman–Crippen LogP) is 3.23. The molecule has 4 nitrogen and oxygen atoms in total. The third-order valence-electron chi connectivity index (χ3n) is 3.92. The van der Waals surface area contributed by atoms with Gasteiger partial charge >= 0.3 is 0 Å². The van der Waals surface area contributed by atoms with Gasteiger partial charge in [0.05, 0.1) is 5.52 Å². The number of aromatic nitrogens is 3. The number of para-hydroxylation sites is 1. The largest absolute Gasteiger partial charge is 0.357 e. The first-order chi connectivity index (χ1) is 9.92. The van der Waals surface area contributed by atoms with E-state index in [2.05, 4.69) is 38.3 Å². The minimum Gasteiger partial charge on any atom is -0.357 e. The molecule has 4 heteroatoms. The normalized spacial score (nSPS) is 15.1. The first kappa shape index (κ1) is 11.5. The van der Waals surface area contributed by atoms with Gasteiger partial charge in [-0.2, -0.15) is 5.10 Å². The molecule has 0 aliphatic carbocycles. The number of hydrogen-bond acceptors (Lipinski definition) is 3. The van der Waals surface area contributed by atoms with E-state index in [1.54, 1.807) is 0 Å². The first-order valence-corrected chi connectivity index (χ1v) is 7.06. The second-order valence-electron chi connectivity index (χ2n) is 5.21. The third-order valence-corrected chi connectivity index (χ3v) is 3.92. The van der Waals surface area contributed by atoms with Gasteiger partial charge in [-0.1, -0.05) is 18.2 Å². The van der Waals surface area contributed by atoms with Crippen molar-refractivity contribution in [2.45, 2.75) is 12.8 Å². The van der Waals surface area contributed by atoms with Gasteiger partial charge in [-0.05, 0) is 31.0 Å². The average molecular weight is 264 g/mol. The Labute approximate surface area is 117 Å². The Morgan fingerprint density at radius 2 is 1.90 bits per heavy atom. The standard InChI is InChI=1S/C16H16N4/c1-2-6-14-13(5-1)16(19-18-14)12-7-8-17-15(11-12)20-9-3-4-10-20/h1-2,5-8,11H,3-4,9-10H2,(H,18,19). The molecule has 2 aromatic heterocycles. The lowest BCUT2D eigenvalue weighted by Gasteiger charge is -2.16. The smallest absolute Gasteiger partial charge is 0.129 e. The van der Waals surface area contributed by atoms with E-state index in [4.69, 9.17) is 0 Å². The van der Waals surface area contributed by atoms with Crippen LogP contribution in [0.5, 0.6) is 0 Å². The minimum absolute atomic E-state index is 1.00. The molecule has 0 bridgehead atoms. The summed E-state index contributed by atoms with van der Waals surface area (Å²) >= 11 is 0. The molecule has 20 heavy (non-hydrogen) atoms. The van der Waals surface area contributed by atoms with Gasteiger partial charge in [0.1, 0.15) is 11.5 Å². The number of nitrogens with one attached hydrogen (secondary N) is 1. The molecule has 3 aromatic rings. The van der Waals surface area contributed by atoms with Crippen LogP contribution in [0.2, 0.25) is 0 Å². The Hall–Kier alpha value is -2.36. The second-order valence-corrected chi connectivity index (χ2v) is 5.21. The molecule has 1 N–H and O–H groups in total. The zero-order valence-electron chi connectivity index (χ0n) is 11.2. The minimum atomic E-state index is 1.00. The zero-order valence-corrected chi connectivity index (χ0v) is 11.2. The summed E-state index contributed by atoms with van der Waals surface area (Å²) in [5, 5.41) is 8.71. The monoisotopic (exact) mass is 264 g/mol. The van der Waals surface area contributed by atoms with Crippen molar-refractivity contribution in [3.05, 3.63) is 42.6 Å². The Bertz CT molecular complexity index is 741.